The van der Waals surface area contributed by atoms with Crippen LogP contribution in [0.15, 0.2) is 24.3 Å². The lowest BCUT2D eigenvalue weighted by molar-refractivity contribution is -0.143. The molecule has 0 bridgehead atoms. The Kier molecular flexibility index (Phi) is 10.4. The maximum absolute atomic E-state index is 11.9. The van der Waals surface area contributed by atoms with Crippen molar-refractivity contribution in [1.82, 2.24) is 15.9 Å². The fourth-order valence-electron chi connectivity index (χ4n) is 2.36. The van der Waals surface area contributed by atoms with Gasteiger partial charge in [-0.2, -0.15) is 0 Å². The number of carbonyl (C=O) groups excluding carboxylic acids is 3. The summed E-state index contributed by atoms with van der Waals surface area (Å²) in [5.74, 6) is -1.27. The molecule has 3 N–H and O–H groups in total. The first-order chi connectivity index (χ1) is 13.6. The number of likely N-dealkylation sites (N-methyl/N-ethyl adjacent to an activating group) is 1. The smallest absolute Gasteiger partial charge is 0.319 e. The van der Waals surface area contributed by atoms with Gasteiger partial charge in [0, 0.05) is 12.6 Å². The number of nitrogens with one attached hydrogen (secondary N) is 3. The Balaban J connectivity index is 2.49. The average Bonchev–Trinajstić information content (AvgIpc) is 2.69. The van der Waals surface area contributed by atoms with E-state index in [1.54, 1.807) is 24.3 Å². The predicted molar refractivity (Wildman–Crippen MR) is 122 cm³/mol. The molecule has 1 rings (SSSR count). The van der Waals surface area contributed by atoms with Crippen molar-refractivity contribution in [2.75, 3.05) is 20.1 Å². The Hall–Kier alpha value is -1.83. The van der Waals surface area contributed by atoms with Crippen molar-refractivity contribution in [2.45, 2.75) is 6.61 Å². The molecule has 7 nitrogen and oxygen atoms in total. The summed E-state index contributed by atoms with van der Waals surface area (Å²) in [4.78, 5) is 35.0. The van der Waals surface area contributed by atoms with Gasteiger partial charge in [0.15, 0.2) is 0 Å². The second-order valence-corrected chi connectivity index (χ2v) is 6.54. The van der Waals surface area contributed by atoms with Gasteiger partial charge in [0.25, 0.3) is 5.91 Å². The molecule has 0 spiro atoms. The molecular weight excluding hydrogens is 359 g/mol. The third-order valence-corrected chi connectivity index (χ3v) is 4.05. The number of amides is 2. The molecule has 0 atom stereocenters. The van der Waals surface area contributed by atoms with Crippen LogP contribution < -0.4 is 15.9 Å². The minimum Gasteiger partial charge on any atom is -0.688 e. The van der Waals surface area contributed by atoms with Crippen molar-refractivity contribution < 1.29 is 19.1 Å². The molecule has 1 aromatic rings. The normalized spacial score (nSPS) is 10.6. The van der Waals surface area contributed by atoms with E-state index in [1.165, 1.54) is 14.1 Å². The molecule has 29 heavy (non-hydrogen) atoms. The predicted octanol–water partition coefficient (Wildman–Crippen LogP) is -4.17. The molecule has 0 saturated heterocycles. The summed E-state index contributed by atoms with van der Waals surface area (Å²) in [6, 6.07) is 6.37. The van der Waals surface area contributed by atoms with E-state index >= 15 is 0 Å². The molecule has 136 valence electrons. The molecule has 0 unspecified atom stereocenters. The van der Waals surface area contributed by atoms with E-state index in [1.807, 2.05) is 0 Å². The lowest BCUT2D eigenvalue weighted by Crippen LogP contribution is -2.72. The molecule has 0 aliphatic heterocycles. The van der Waals surface area contributed by atoms with Crippen LogP contribution in [0.3, 0.4) is 0 Å². The van der Waals surface area contributed by atoms with Crippen molar-refractivity contribution in [3.63, 3.8) is 0 Å². The zero-order valence-corrected chi connectivity index (χ0v) is 16.3. The third kappa shape index (κ3) is 9.02. The number of hydrogen-bond acceptors (Lipinski definition) is 5. The van der Waals surface area contributed by atoms with E-state index < -0.39 is 30.6 Å². The summed E-state index contributed by atoms with van der Waals surface area (Å²) >= 11 is 0. The summed E-state index contributed by atoms with van der Waals surface area (Å²) in [6.07, 6.45) is -0.745. The molecule has 2 amide bonds. The highest BCUT2D eigenvalue weighted by molar-refractivity contribution is 7.97. The Morgan fingerprint density at radius 3 is 2.31 bits per heavy atom. The van der Waals surface area contributed by atoms with Gasteiger partial charge in [-0.25, -0.2) is 29.6 Å². The average molecular weight is 376 g/mol. The van der Waals surface area contributed by atoms with Gasteiger partial charge in [0.2, 0.25) is 5.91 Å². The lowest BCUT2D eigenvalue weighted by Gasteiger charge is -2.48. The molecule has 0 saturated carbocycles. The van der Waals surface area contributed by atoms with Crippen molar-refractivity contribution >= 4 is 82.3 Å². The van der Waals surface area contributed by atoms with Crippen molar-refractivity contribution in [3.8, 4) is 0 Å². The van der Waals surface area contributed by atoms with Crippen LogP contribution in [0, 0.1) is 0 Å². The number of rotatable bonds is 11. The van der Waals surface area contributed by atoms with Gasteiger partial charge in [0.1, 0.15) is 6.61 Å². The number of hydrogen-bond donors (Lipinski definition) is 3. The quantitative estimate of drug-likeness (QED) is 0.269. The Morgan fingerprint density at radius 2 is 1.79 bits per heavy atom. The number of carbonyl (C=O) groups is 3. The van der Waals surface area contributed by atoms with Crippen molar-refractivity contribution in [1.29, 1.82) is 0 Å². The second kappa shape index (κ2) is 12.0. The SMILES string of the molecule is [B][B]B([B-])B(NCC(=O)OCc1ccc(C(=O)NCC(=O)NC)cc1)[B-]([B])([B])[B]. The van der Waals surface area contributed by atoms with E-state index in [9.17, 15) is 14.4 Å². The first-order valence-corrected chi connectivity index (χ1v) is 8.90. The van der Waals surface area contributed by atoms with Gasteiger partial charge in [-0.3, -0.25) is 14.4 Å². The number of esters is 1. The van der Waals surface area contributed by atoms with Gasteiger partial charge in [-0.1, -0.05) is 18.8 Å². The van der Waals surface area contributed by atoms with Gasteiger partial charge in [-0.05, 0) is 32.5 Å². The lowest BCUT2D eigenvalue weighted by atomic mass is 8.60. The molecule has 0 aromatic heterocycles. The van der Waals surface area contributed by atoms with Crippen LogP contribution in [-0.2, 0) is 20.9 Å². The van der Waals surface area contributed by atoms with Crippen LogP contribution in [0.4, 0.5) is 0 Å². The topological polar surface area (TPSA) is 96.5 Å². The standard InChI is InChI=1S/C13H16B9N3O4/c1-23-11(26)6-24-13(28)10-4-2-9(3-5-10)8-29-12(27)7-25-21(20(15)19-14)22(16,17)18/h2-5,25H,6-8H2,1H3,(H,23,26)(H,24,28)/q-2. The molecule has 0 aliphatic carbocycles. The van der Waals surface area contributed by atoms with Crippen molar-refractivity contribution in [3.05, 3.63) is 35.4 Å². The molecule has 1 aromatic carbocycles. The van der Waals surface area contributed by atoms with Crippen LogP contribution in [0.5, 0.6) is 0 Å². The molecule has 0 fully saturated rings. The molecule has 0 aliphatic rings. The Bertz CT molecular complexity index is 702. The van der Waals surface area contributed by atoms with Crippen LogP contribution in [-0.4, -0.2) is 102 Å². The van der Waals surface area contributed by atoms with E-state index in [-0.39, 0.29) is 25.6 Å². The first kappa shape index (κ1) is 25.2. The zero-order valence-electron chi connectivity index (χ0n) is 16.3. The van der Waals surface area contributed by atoms with Gasteiger partial charge >= 0.3 is 5.97 Å². The minimum atomic E-state index is -2.36. The first-order valence-electron chi connectivity index (χ1n) is 8.90. The van der Waals surface area contributed by atoms with E-state index in [0.717, 1.165) is 0 Å². The number of ether oxygens (including phenoxy) is 1. The van der Waals surface area contributed by atoms with E-state index in [0.29, 0.717) is 11.1 Å². The fraction of sp³-hybridized carbons (Fsp3) is 0.308. The highest BCUT2D eigenvalue weighted by atomic mass is 16.5. The van der Waals surface area contributed by atoms with Gasteiger partial charge in [0.05, 0.1) is 13.1 Å². The largest absolute Gasteiger partial charge is 0.688 e. The summed E-state index contributed by atoms with van der Waals surface area (Å²) in [6.45, 7) is -1.14. The monoisotopic (exact) mass is 377 g/mol. The summed E-state index contributed by atoms with van der Waals surface area (Å²) in [5, 5.41) is 7.63. The third-order valence-electron chi connectivity index (χ3n) is 4.05. The summed E-state index contributed by atoms with van der Waals surface area (Å²) < 4.78 is 5.15. The minimum absolute atomic E-state index is 0.00938. The van der Waals surface area contributed by atoms with Crippen molar-refractivity contribution in [2.24, 2.45) is 0 Å². The second-order valence-electron chi connectivity index (χ2n) is 6.54. The maximum atomic E-state index is 11.9. The van der Waals surface area contributed by atoms with Gasteiger partial charge < -0.3 is 28.3 Å². The van der Waals surface area contributed by atoms with Crippen LogP contribution in [0.2, 0.25) is 0 Å². The highest BCUT2D eigenvalue weighted by Gasteiger charge is 2.18. The van der Waals surface area contributed by atoms with Crippen LogP contribution in [0.25, 0.3) is 0 Å². The van der Waals surface area contributed by atoms with Crippen LogP contribution in [0.1, 0.15) is 15.9 Å². The molecule has 0 heterocycles. The van der Waals surface area contributed by atoms with E-state index in [2.05, 4.69) is 15.9 Å². The molecule has 12 radical (unpaired) electrons. The summed E-state index contributed by atoms with van der Waals surface area (Å²) in [7, 11) is 30.8. The van der Waals surface area contributed by atoms with Gasteiger partial charge in [-0.15, -0.1) is 5.71 Å². The Morgan fingerprint density at radius 1 is 1.17 bits per heavy atom. The Labute approximate surface area is 179 Å². The summed E-state index contributed by atoms with van der Waals surface area (Å²) in [5.41, 5.74) is -1.32. The maximum Gasteiger partial charge on any atom is 0.319 e. The fourth-order valence-corrected chi connectivity index (χ4v) is 2.36. The zero-order chi connectivity index (χ0) is 22.0. The van der Waals surface area contributed by atoms with E-state index in [4.69, 9.17) is 43.4 Å². The number of benzene rings is 1. The molecular formula is C13H16B9N3O4-2. The highest BCUT2D eigenvalue weighted by Crippen LogP contribution is 2.06. The van der Waals surface area contributed by atoms with Crippen LogP contribution >= 0.6 is 0 Å². The molecule has 16 heteroatoms.